The molecule has 2 aliphatic heterocycles. The van der Waals surface area contributed by atoms with Crippen molar-refractivity contribution in [3.8, 4) is 0 Å². The largest absolute Gasteiger partial charge is 0.378 e. The molecule has 0 aromatic heterocycles. The van der Waals surface area contributed by atoms with Crippen LogP contribution in [0.5, 0.6) is 0 Å². The highest BCUT2D eigenvalue weighted by Crippen LogP contribution is 2.35. The normalized spacial score (nSPS) is 23.6. The van der Waals surface area contributed by atoms with Gasteiger partial charge in [-0.2, -0.15) is 0 Å². The van der Waals surface area contributed by atoms with Gasteiger partial charge in [-0.05, 0) is 12.1 Å². The van der Waals surface area contributed by atoms with Crippen LogP contribution in [0.1, 0.15) is 11.6 Å². The molecule has 0 saturated carbocycles. The second-order valence-electron chi connectivity index (χ2n) is 4.02. The van der Waals surface area contributed by atoms with Crippen LogP contribution in [0.15, 0.2) is 23.2 Å². The number of benzene rings is 1. The van der Waals surface area contributed by atoms with Crippen molar-refractivity contribution >= 4 is 11.9 Å². The zero-order chi connectivity index (χ0) is 11.0. The summed E-state index contributed by atoms with van der Waals surface area (Å²) in [7, 11) is 0. The number of anilines is 1. The third-order valence-electron chi connectivity index (χ3n) is 2.98. The van der Waals surface area contributed by atoms with E-state index in [2.05, 4.69) is 9.89 Å². The summed E-state index contributed by atoms with van der Waals surface area (Å²) >= 11 is 0. The summed E-state index contributed by atoms with van der Waals surface area (Å²) in [6.07, 6.45) is 1.78. The molecule has 16 heavy (non-hydrogen) atoms. The number of ether oxygens (including phenoxy) is 1. The molecule has 1 aromatic rings. The third kappa shape index (κ3) is 1.69. The Labute approximate surface area is 93.5 Å². The fourth-order valence-corrected chi connectivity index (χ4v) is 2.09. The first kappa shape index (κ1) is 9.78. The van der Waals surface area contributed by atoms with E-state index in [0.29, 0.717) is 18.8 Å². The molecule has 0 radical (unpaired) electrons. The van der Waals surface area contributed by atoms with E-state index in [9.17, 15) is 4.39 Å². The average molecular weight is 220 g/mol. The van der Waals surface area contributed by atoms with Gasteiger partial charge in [-0.15, -0.1) is 0 Å². The van der Waals surface area contributed by atoms with Gasteiger partial charge in [0.2, 0.25) is 0 Å². The predicted octanol–water partition coefficient (Wildman–Crippen LogP) is 1.79. The summed E-state index contributed by atoms with van der Waals surface area (Å²) in [5, 5.41) is 0. The monoisotopic (exact) mass is 220 g/mol. The molecular weight excluding hydrogens is 207 g/mol. The van der Waals surface area contributed by atoms with Crippen LogP contribution in [0.3, 0.4) is 0 Å². The lowest BCUT2D eigenvalue weighted by Crippen LogP contribution is -2.36. The maximum atomic E-state index is 13.8. The molecule has 3 nitrogen and oxygen atoms in total. The molecule has 1 fully saturated rings. The first-order chi connectivity index (χ1) is 7.86. The maximum absolute atomic E-state index is 13.8. The molecule has 3 rings (SSSR count). The molecule has 1 aromatic carbocycles. The fraction of sp³-hybridized carbons (Fsp3) is 0.417. The van der Waals surface area contributed by atoms with E-state index in [1.165, 1.54) is 6.07 Å². The van der Waals surface area contributed by atoms with Gasteiger partial charge >= 0.3 is 0 Å². The summed E-state index contributed by atoms with van der Waals surface area (Å²) in [4.78, 5) is 6.24. The summed E-state index contributed by atoms with van der Waals surface area (Å²) in [6, 6.07) is 5.18. The molecule has 0 amide bonds. The number of hydrogen-bond acceptors (Lipinski definition) is 3. The van der Waals surface area contributed by atoms with Gasteiger partial charge in [-0.25, -0.2) is 4.39 Å². The number of halogens is 1. The molecule has 2 aliphatic rings. The van der Waals surface area contributed by atoms with Crippen molar-refractivity contribution < 1.29 is 9.13 Å². The van der Waals surface area contributed by atoms with Crippen LogP contribution in [-0.4, -0.2) is 32.5 Å². The van der Waals surface area contributed by atoms with Crippen LogP contribution in [0.4, 0.5) is 10.1 Å². The predicted molar refractivity (Wildman–Crippen MR) is 60.7 cm³/mol. The minimum absolute atomic E-state index is 0.0426. The van der Waals surface area contributed by atoms with Gasteiger partial charge in [0.15, 0.2) is 0 Å². The highest BCUT2D eigenvalue weighted by atomic mass is 19.1. The van der Waals surface area contributed by atoms with E-state index in [4.69, 9.17) is 4.74 Å². The Morgan fingerprint density at radius 2 is 2.06 bits per heavy atom. The average Bonchev–Trinajstić information content (AvgIpc) is 3.14. The topological polar surface area (TPSA) is 24.8 Å². The van der Waals surface area contributed by atoms with Gasteiger partial charge in [0.1, 0.15) is 11.9 Å². The van der Waals surface area contributed by atoms with Crippen LogP contribution in [0.2, 0.25) is 0 Å². The Balaban J connectivity index is 1.95. The molecule has 0 bridgehead atoms. The van der Waals surface area contributed by atoms with Gasteiger partial charge in [0.05, 0.1) is 13.2 Å². The summed E-state index contributed by atoms with van der Waals surface area (Å²) in [5.74, 6) is -0.161. The van der Waals surface area contributed by atoms with Crippen molar-refractivity contribution in [2.75, 3.05) is 31.2 Å². The fourth-order valence-electron chi connectivity index (χ4n) is 2.09. The van der Waals surface area contributed by atoms with Crippen LogP contribution in [-0.2, 0) is 4.74 Å². The van der Waals surface area contributed by atoms with Crippen LogP contribution in [0, 0.1) is 5.82 Å². The molecule has 0 aliphatic carbocycles. The van der Waals surface area contributed by atoms with E-state index in [-0.39, 0.29) is 11.9 Å². The number of hydrogen-bond donors (Lipinski definition) is 0. The lowest BCUT2D eigenvalue weighted by molar-refractivity contribution is 0.122. The second-order valence-corrected chi connectivity index (χ2v) is 4.02. The lowest BCUT2D eigenvalue weighted by atomic mass is 10.1. The highest BCUT2D eigenvalue weighted by molar-refractivity contribution is 5.83. The maximum Gasteiger partial charge on any atom is 0.131 e. The molecule has 0 N–H and O–H groups in total. The van der Waals surface area contributed by atoms with E-state index < -0.39 is 0 Å². The molecule has 84 valence electrons. The first-order valence-corrected chi connectivity index (χ1v) is 5.50. The van der Waals surface area contributed by atoms with Crippen molar-refractivity contribution in [3.05, 3.63) is 29.6 Å². The number of aliphatic imine (C=N–C) groups is 1. The van der Waals surface area contributed by atoms with Gasteiger partial charge in [0.25, 0.3) is 0 Å². The molecule has 2 heterocycles. The Morgan fingerprint density at radius 3 is 2.75 bits per heavy atom. The summed E-state index contributed by atoms with van der Waals surface area (Å²) in [5.41, 5.74) is 1.68. The Hall–Kier alpha value is -1.42. The van der Waals surface area contributed by atoms with Crippen molar-refractivity contribution in [1.82, 2.24) is 0 Å². The van der Waals surface area contributed by atoms with Crippen molar-refractivity contribution in [3.63, 3.8) is 0 Å². The van der Waals surface area contributed by atoms with Crippen molar-refractivity contribution in [2.24, 2.45) is 4.99 Å². The third-order valence-corrected chi connectivity index (χ3v) is 2.98. The summed E-state index contributed by atoms with van der Waals surface area (Å²) < 4.78 is 19.1. The van der Waals surface area contributed by atoms with Gasteiger partial charge < -0.3 is 9.64 Å². The summed E-state index contributed by atoms with van der Waals surface area (Å²) in [6.45, 7) is 3.06. The SMILES string of the molecule is Fc1cccc(N2CCOCC2)c1C1C=N1. The zero-order valence-electron chi connectivity index (χ0n) is 8.90. The Bertz CT molecular complexity index is 421. The zero-order valence-corrected chi connectivity index (χ0v) is 8.90. The highest BCUT2D eigenvalue weighted by Gasteiger charge is 2.26. The lowest BCUT2D eigenvalue weighted by Gasteiger charge is -2.30. The molecule has 0 spiro atoms. The van der Waals surface area contributed by atoms with Crippen molar-refractivity contribution in [1.29, 1.82) is 0 Å². The second kappa shape index (κ2) is 3.87. The van der Waals surface area contributed by atoms with Gasteiger partial charge in [0, 0.05) is 30.6 Å². The van der Waals surface area contributed by atoms with Crippen LogP contribution in [0.25, 0.3) is 0 Å². The molecule has 4 heteroatoms. The molecule has 1 atom stereocenters. The van der Waals surface area contributed by atoms with Crippen molar-refractivity contribution in [2.45, 2.75) is 6.04 Å². The van der Waals surface area contributed by atoms with Gasteiger partial charge in [-0.1, -0.05) is 6.07 Å². The standard InChI is InChI=1S/C12H13FN2O/c13-9-2-1-3-11(12(9)10-8-14-10)15-4-6-16-7-5-15/h1-3,8,10H,4-7H2. The van der Waals surface area contributed by atoms with Gasteiger partial charge in [-0.3, -0.25) is 4.99 Å². The quantitative estimate of drug-likeness (QED) is 0.759. The van der Waals surface area contributed by atoms with E-state index >= 15 is 0 Å². The smallest absolute Gasteiger partial charge is 0.131 e. The molecular formula is C12H13FN2O. The van der Waals surface area contributed by atoms with Crippen LogP contribution < -0.4 is 4.90 Å². The first-order valence-electron chi connectivity index (χ1n) is 5.50. The van der Waals surface area contributed by atoms with E-state index in [0.717, 1.165) is 18.8 Å². The minimum Gasteiger partial charge on any atom is -0.378 e. The number of morpholine rings is 1. The Kier molecular flexibility index (Phi) is 2.36. The van der Waals surface area contributed by atoms with E-state index in [1.807, 2.05) is 6.07 Å². The number of rotatable bonds is 2. The van der Waals surface area contributed by atoms with E-state index in [1.54, 1.807) is 12.3 Å². The Morgan fingerprint density at radius 1 is 1.31 bits per heavy atom. The minimum atomic E-state index is -0.161. The van der Waals surface area contributed by atoms with Crippen LogP contribution >= 0.6 is 0 Å². The molecule has 1 saturated heterocycles. The number of nitrogens with zero attached hydrogens (tertiary/aromatic N) is 2. The molecule has 1 unspecified atom stereocenters.